The maximum atomic E-state index is 13.3. The largest absolute Gasteiger partial charge is 0.493 e. The third kappa shape index (κ3) is 2.15. The Morgan fingerprint density at radius 3 is 2.70 bits per heavy atom. The zero-order chi connectivity index (χ0) is 14.3. The van der Waals surface area contributed by atoms with Crippen molar-refractivity contribution in [2.45, 2.75) is 12.0 Å². The Labute approximate surface area is 119 Å². The van der Waals surface area contributed by atoms with Crippen LogP contribution in [-0.4, -0.2) is 11.7 Å². The van der Waals surface area contributed by atoms with Gasteiger partial charge in [-0.15, -0.1) is 0 Å². The van der Waals surface area contributed by atoms with Crippen molar-refractivity contribution in [3.8, 4) is 5.75 Å². The average Bonchev–Trinajstić information content (AvgIpc) is 2.86. The van der Waals surface area contributed by atoms with Gasteiger partial charge in [0, 0.05) is 16.1 Å². The molecule has 2 aromatic rings. The van der Waals surface area contributed by atoms with E-state index in [1.807, 2.05) is 18.2 Å². The Bertz CT molecular complexity index is 660. The molecule has 3 rings (SSSR count). The van der Waals surface area contributed by atoms with Crippen LogP contribution in [0.1, 0.15) is 23.1 Å². The summed E-state index contributed by atoms with van der Waals surface area (Å²) >= 11 is 5.89. The summed E-state index contributed by atoms with van der Waals surface area (Å²) in [6, 6.07) is 9.11. The number of aliphatic hydroxyl groups excluding tert-OH is 1. The average molecular weight is 297 g/mol. The van der Waals surface area contributed by atoms with Crippen LogP contribution in [0, 0.1) is 11.6 Å². The topological polar surface area (TPSA) is 29.5 Å². The van der Waals surface area contributed by atoms with E-state index in [2.05, 4.69) is 0 Å². The molecule has 1 aliphatic rings. The van der Waals surface area contributed by atoms with Crippen molar-refractivity contribution in [3.63, 3.8) is 0 Å². The van der Waals surface area contributed by atoms with Gasteiger partial charge in [-0.2, -0.15) is 0 Å². The molecule has 5 heteroatoms. The lowest BCUT2D eigenvalue weighted by Gasteiger charge is -2.19. The number of ether oxygens (including phenoxy) is 1. The molecule has 1 heterocycles. The summed E-state index contributed by atoms with van der Waals surface area (Å²) in [5.41, 5.74) is 0.997. The van der Waals surface area contributed by atoms with Crippen molar-refractivity contribution in [3.05, 3.63) is 64.2 Å². The molecule has 104 valence electrons. The van der Waals surface area contributed by atoms with Crippen LogP contribution in [0.3, 0.4) is 0 Å². The number of para-hydroxylation sites is 1. The van der Waals surface area contributed by atoms with E-state index in [4.69, 9.17) is 16.3 Å². The lowest BCUT2D eigenvalue weighted by molar-refractivity contribution is 0.129. The standard InChI is InChI=1S/C15H11ClF2O2/c16-11-6-13(18)12(17)5-9(11)15(19)10-7-20-14-4-2-1-3-8(10)14/h1-6,10,15,19H,7H2. The van der Waals surface area contributed by atoms with Crippen molar-refractivity contribution < 1.29 is 18.6 Å². The molecule has 1 N–H and O–H groups in total. The molecule has 2 nitrogen and oxygen atoms in total. The number of aliphatic hydroxyl groups is 1. The fourth-order valence-corrected chi connectivity index (χ4v) is 2.69. The molecular weight excluding hydrogens is 286 g/mol. The van der Waals surface area contributed by atoms with Gasteiger partial charge in [-0.25, -0.2) is 8.78 Å². The molecule has 0 spiro atoms. The molecule has 0 saturated carbocycles. The first-order chi connectivity index (χ1) is 9.58. The summed E-state index contributed by atoms with van der Waals surface area (Å²) in [6.07, 6.45) is -1.05. The Morgan fingerprint density at radius 2 is 1.90 bits per heavy atom. The van der Waals surface area contributed by atoms with Crippen molar-refractivity contribution >= 4 is 11.6 Å². The summed E-state index contributed by atoms with van der Waals surface area (Å²) in [6.45, 7) is 0.274. The van der Waals surface area contributed by atoms with Crippen LogP contribution in [0.25, 0.3) is 0 Å². The minimum atomic E-state index is -1.05. The normalized spacial score (nSPS) is 18.5. The summed E-state index contributed by atoms with van der Waals surface area (Å²) < 4.78 is 31.9. The Kier molecular flexibility index (Phi) is 3.36. The molecule has 0 amide bonds. The van der Waals surface area contributed by atoms with E-state index >= 15 is 0 Å². The molecule has 0 fully saturated rings. The summed E-state index contributed by atoms with van der Waals surface area (Å²) in [5.74, 6) is -1.73. The number of rotatable bonds is 2. The summed E-state index contributed by atoms with van der Waals surface area (Å²) in [7, 11) is 0. The van der Waals surface area contributed by atoms with Gasteiger partial charge < -0.3 is 9.84 Å². The van der Waals surface area contributed by atoms with Crippen LogP contribution in [-0.2, 0) is 0 Å². The molecule has 1 aliphatic heterocycles. The minimum absolute atomic E-state index is 0.000723. The quantitative estimate of drug-likeness (QED) is 0.854. The van der Waals surface area contributed by atoms with Gasteiger partial charge in [0.25, 0.3) is 0 Å². The second-order valence-electron chi connectivity index (χ2n) is 4.69. The fourth-order valence-electron chi connectivity index (χ4n) is 2.43. The fraction of sp³-hybridized carbons (Fsp3) is 0.200. The molecule has 20 heavy (non-hydrogen) atoms. The van der Waals surface area contributed by atoms with E-state index in [9.17, 15) is 13.9 Å². The van der Waals surface area contributed by atoms with Crippen LogP contribution < -0.4 is 4.74 Å². The number of fused-ring (bicyclic) bond motifs is 1. The molecule has 2 aromatic carbocycles. The van der Waals surface area contributed by atoms with E-state index in [0.29, 0.717) is 5.75 Å². The number of hydrogen-bond donors (Lipinski definition) is 1. The van der Waals surface area contributed by atoms with Crippen LogP contribution in [0.15, 0.2) is 36.4 Å². The maximum absolute atomic E-state index is 13.3. The molecular formula is C15H11ClF2O2. The molecule has 0 bridgehead atoms. The number of hydrogen-bond acceptors (Lipinski definition) is 2. The zero-order valence-corrected chi connectivity index (χ0v) is 11.1. The maximum Gasteiger partial charge on any atom is 0.160 e. The summed E-state index contributed by atoms with van der Waals surface area (Å²) in [4.78, 5) is 0. The second kappa shape index (κ2) is 5.04. The monoisotopic (exact) mass is 296 g/mol. The first-order valence-corrected chi connectivity index (χ1v) is 6.50. The Morgan fingerprint density at radius 1 is 1.20 bits per heavy atom. The predicted molar refractivity (Wildman–Crippen MR) is 71.0 cm³/mol. The van der Waals surface area contributed by atoms with Gasteiger partial charge in [0.05, 0.1) is 18.6 Å². The van der Waals surface area contributed by atoms with E-state index in [0.717, 1.165) is 17.7 Å². The van der Waals surface area contributed by atoms with E-state index in [1.54, 1.807) is 6.07 Å². The smallest absolute Gasteiger partial charge is 0.160 e. The first-order valence-electron chi connectivity index (χ1n) is 6.12. The van der Waals surface area contributed by atoms with Crippen molar-refractivity contribution in [1.29, 1.82) is 0 Å². The Balaban J connectivity index is 1.98. The highest BCUT2D eigenvalue weighted by Gasteiger charge is 2.32. The van der Waals surface area contributed by atoms with E-state index in [-0.39, 0.29) is 23.1 Å². The minimum Gasteiger partial charge on any atom is -0.493 e. The van der Waals surface area contributed by atoms with Gasteiger partial charge in [-0.3, -0.25) is 0 Å². The van der Waals surface area contributed by atoms with Crippen LogP contribution in [0.5, 0.6) is 5.75 Å². The number of benzene rings is 2. The molecule has 0 aromatic heterocycles. The highest BCUT2D eigenvalue weighted by molar-refractivity contribution is 6.31. The number of halogens is 3. The first kappa shape index (κ1) is 13.3. The molecule has 0 aliphatic carbocycles. The molecule has 0 saturated heterocycles. The molecule has 0 radical (unpaired) electrons. The highest BCUT2D eigenvalue weighted by Crippen LogP contribution is 2.42. The van der Waals surface area contributed by atoms with E-state index in [1.165, 1.54) is 0 Å². The second-order valence-corrected chi connectivity index (χ2v) is 5.10. The lowest BCUT2D eigenvalue weighted by atomic mass is 9.91. The van der Waals surface area contributed by atoms with Crippen LogP contribution in [0.2, 0.25) is 5.02 Å². The van der Waals surface area contributed by atoms with Gasteiger partial charge >= 0.3 is 0 Å². The van der Waals surface area contributed by atoms with Gasteiger partial charge in [-0.05, 0) is 18.2 Å². The van der Waals surface area contributed by atoms with Gasteiger partial charge in [0.2, 0.25) is 0 Å². The van der Waals surface area contributed by atoms with Gasteiger partial charge in [0.15, 0.2) is 11.6 Å². The van der Waals surface area contributed by atoms with Gasteiger partial charge in [0.1, 0.15) is 5.75 Å². The van der Waals surface area contributed by atoms with Crippen molar-refractivity contribution in [1.82, 2.24) is 0 Å². The van der Waals surface area contributed by atoms with Crippen LogP contribution >= 0.6 is 11.6 Å². The summed E-state index contributed by atoms with van der Waals surface area (Å²) in [5, 5.41) is 10.4. The third-order valence-electron chi connectivity index (χ3n) is 3.48. The predicted octanol–water partition coefficient (Wildman–Crippen LogP) is 3.83. The Hall–Kier alpha value is -1.65. The highest BCUT2D eigenvalue weighted by atomic mass is 35.5. The molecule has 2 unspecified atom stereocenters. The third-order valence-corrected chi connectivity index (χ3v) is 3.80. The molecule has 2 atom stereocenters. The zero-order valence-electron chi connectivity index (χ0n) is 10.3. The van der Waals surface area contributed by atoms with Crippen LogP contribution in [0.4, 0.5) is 8.78 Å². The van der Waals surface area contributed by atoms with Crippen molar-refractivity contribution in [2.24, 2.45) is 0 Å². The SMILES string of the molecule is OC(c1cc(F)c(F)cc1Cl)C1COc2ccccc21. The van der Waals surface area contributed by atoms with E-state index < -0.39 is 17.7 Å². The van der Waals surface area contributed by atoms with Gasteiger partial charge in [-0.1, -0.05) is 29.8 Å². The lowest BCUT2D eigenvalue weighted by Crippen LogP contribution is -2.13. The van der Waals surface area contributed by atoms with Crippen molar-refractivity contribution in [2.75, 3.05) is 6.61 Å².